The Morgan fingerprint density at radius 1 is 1.11 bits per heavy atom. The molecule has 3 rings (SSSR count). The Morgan fingerprint density at radius 3 is 2.44 bits per heavy atom. The van der Waals surface area contributed by atoms with E-state index in [0.717, 1.165) is 20.5 Å². The zero-order valence-electron chi connectivity index (χ0n) is 14.3. The van der Waals surface area contributed by atoms with Crippen molar-refractivity contribution < 1.29 is 18.0 Å². The Bertz CT molecular complexity index is 939. The molecule has 0 fully saturated rings. The number of halogens is 3. The van der Waals surface area contributed by atoms with Gasteiger partial charge in [-0.05, 0) is 37.3 Å². The van der Waals surface area contributed by atoms with Gasteiger partial charge in [0.15, 0.2) is 5.69 Å². The van der Waals surface area contributed by atoms with Gasteiger partial charge in [0, 0.05) is 15.5 Å². The first-order valence-electron chi connectivity index (χ1n) is 8.06. The lowest BCUT2D eigenvalue weighted by Crippen LogP contribution is -2.21. The second kappa shape index (κ2) is 7.87. The van der Waals surface area contributed by atoms with Crippen LogP contribution in [0.25, 0.3) is 0 Å². The van der Waals surface area contributed by atoms with Gasteiger partial charge in [0.2, 0.25) is 5.91 Å². The molecule has 0 aliphatic carbocycles. The minimum absolute atomic E-state index is 0.268. The Morgan fingerprint density at radius 2 is 1.78 bits per heavy atom. The van der Waals surface area contributed by atoms with Gasteiger partial charge in [-0.15, -0.1) is 0 Å². The van der Waals surface area contributed by atoms with Gasteiger partial charge in [0.05, 0.1) is 5.69 Å². The molecule has 1 N–H and O–H groups in total. The molecule has 0 unspecified atom stereocenters. The molecule has 0 aliphatic heterocycles. The molecule has 0 bridgehead atoms. The number of benzene rings is 2. The number of nitrogens with zero attached hydrogens (tertiary/aromatic N) is 2. The van der Waals surface area contributed by atoms with Gasteiger partial charge in [0.1, 0.15) is 6.54 Å². The molecule has 0 saturated heterocycles. The Balaban J connectivity index is 1.73. The molecule has 2 aromatic carbocycles. The van der Waals surface area contributed by atoms with Crippen LogP contribution in [-0.4, -0.2) is 15.7 Å². The summed E-state index contributed by atoms with van der Waals surface area (Å²) in [5.41, 5.74) is -0.144. The SMILES string of the molecule is Cc1cc(C(F)(F)F)nn1CC(=O)Nc1ccccc1Sc1ccccc1. The number of carbonyl (C=O) groups is 1. The van der Waals surface area contributed by atoms with Crippen LogP contribution in [0.5, 0.6) is 0 Å². The van der Waals surface area contributed by atoms with Crippen molar-refractivity contribution in [3.63, 3.8) is 0 Å². The van der Waals surface area contributed by atoms with Crippen molar-refractivity contribution in [3.8, 4) is 0 Å². The van der Waals surface area contributed by atoms with Crippen molar-refractivity contribution in [1.29, 1.82) is 0 Å². The van der Waals surface area contributed by atoms with Crippen LogP contribution >= 0.6 is 11.8 Å². The summed E-state index contributed by atoms with van der Waals surface area (Å²) in [7, 11) is 0. The number of nitrogens with one attached hydrogen (secondary N) is 1. The average molecular weight is 391 g/mol. The molecule has 1 heterocycles. The largest absolute Gasteiger partial charge is 0.435 e. The van der Waals surface area contributed by atoms with Crippen molar-refractivity contribution in [2.24, 2.45) is 0 Å². The summed E-state index contributed by atoms with van der Waals surface area (Å²) in [6.07, 6.45) is -4.54. The second-order valence-electron chi connectivity index (χ2n) is 5.79. The van der Waals surface area contributed by atoms with Crippen LogP contribution in [0.15, 0.2) is 70.5 Å². The molecule has 27 heavy (non-hydrogen) atoms. The summed E-state index contributed by atoms with van der Waals surface area (Å²) in [6, 6.07) is 17.8. The topological polar surface area (TPSA) is 46.9 Å². The Kier molecular flexibility index (Phi) is 5.55. The lowest BCUT2D eigenvalue weighted by atomic mass is 10.3. The van der Waals surface area contributed by atoms with E-state index in [1.807, 2.05) is 42.5 Å². The summed E-state index contributed by atoms with van der Waals surface area (Å²) in [4.78, 5) is 14.2. The molecule has 0 spiro atoms. The normalized spacial score (nSPS) is 11.4. The summed E-state index contributed by atoms with van der Waals surface area (Å²) < 4.78 is 39.3. The average Bonchev–Trinajstić information content (AvgIpc) is 2.98. The zero-order valence-corrected chi connectivity index (χ0v) is 15.1. The van der Waals surface area contributed by atoms with Crippen LogP contribution in [-0.2, 0) is 17.5 Å². The molecule has 3 aromatic rings. The monoisotopic (exact) mass is 391 g/mol. The van der Waals surface area contributed by atoms with Crippen molar-refractivity contribution >= 4 is 23.4 Å². The van der Waals surface area contributed by atoms with E-state index in [1.54, 1.807) is 12.1 Å². The van der Waals surface area contributed by atoms with Crippen molar-refractivity contribution in [1.82, 2.24) is 9.78 Å². The lowest BCUT2D eigenvalue weighted by Gasteiger charge is -2.11. The number of para-hydroxylation sites is 1. The molecular weight excluding hydrogens is 375 g/mol. The van der Waals surface area contributed by atoms with Crippen LogP contribution in [0.3, 0.4) is 0 Å². The summed E-state index contributed by atoms with van der Waals surface area (Å²) >= 11 is 1.49. The fourth-order valence-electron chi connectivity index (χ4n) is 2.41. The number of aromatic nitrogens is 2. The van der Waals surface area contributed by atoms with Gasteiger partial charge >= 0.3 is 6.18 Å². The molecule has 4 nitrogen and oxygen atoms in total. The lowest BCUT2D eigenvalue weighted by molar-refractivity contribution is -0.141. The van der Waals surface area contributed by atoms with E-state index < -0.39 is 17.8 Å². The molecule has 0 aliphatic rings. The van der Waals surface area contributed by atoms with E-state index in [2.05, 4.69) is 10.4 Å². The Labute approximate surface area is 158 Å². The highest BCUT2D eigenvalue weighted by atomic mass is 32.2. The highest BCUT2D eigenvalue weighted by Gasteiger charge is 2.34. The summed E-state index contributed by atoms with van der Waals surface area (Å²) in [5, 5.41) is 6.23. The van der Waals surface area contributed by atoms with E-state index in [-0.39, 0.29) is 12.2 Å². The minimum atomic E-state index is -4.54. The standard InChI is InChI=1S/C19H16F3N3OS/c1-13-11-17(19(20,21)22)24-25(13)12-18(26)23-15-9-5-6-10-16(15)27-14-7-3-2-4-8-14/h2-11H,12H2,1H3,(H,23,26). The van der Waals surface area contributed by atoms with E-state index in [9.17, 15) is 18.0 Å². The highest BCUT2D eigenvalue weighted by molar-refractivity contribution is 7.99. The molecule has 140 valence electrons. The van der Waals surface area contributed by atoms with Gasteiger partial charge in [0.25, 0.3) is 0 Å². The van der Waals surface area contributed by atoms with Crippen LogP contribution in [0.2, 0.25) is 0 Å². The molecule has 8 heteroatoms. The van der Waals surface area contributed by atoms with Crippen molar-refractivity contribution in [2.75, 3.05) is 5.32 Å². The first kappa shape index (κ1) is 19.0. The fourth-order valence-corrected chi connectivity index (χ4v) is 3.33. The van der Waals surface area contributed by atoms with Crippen molar-refractivity contribution in [3.05, 3.63) is 72.1 Å². The molecule has 0 atom stereocenters. The van der Waals surface area contributed by atoms with E-state index in [0.29, 0.717) is 5.69 Å². The third-order valence-corrected chi connectivity index (χ3v) is 4.78. The molecule has 0 saturated carbocycles. The number of carbonyl (C=O) groups excluding carboxylic acids is 1. The Hall–Kier alpha value is -2.74. The predicted molar refractivity (Wildman–Crippen MR) is 97.6 cm³/mol. The van der Waals surface area contributed by atoms with E-state index >= 15 is 0 Å². The zero-order chi connectivity index (χ0) is 19.4. The fraction of sp³-hybridized carbons (Fsp3) is 0.158. The first-order valence-corrected chi connectivity index (χ1v) is 8.88. The smallest absolute Gasteiger partial charge is 0.323 e. The van der Waals surface area contributed by atoms with Crippen LogP contribution in [0.4, 0.5) is 18.9 Å². The van der Waals surface area contributed by atoms with Gasteiger partial charge in [-0.25, -0.2) is 0 Å². The molecular formula is C19H16F3N3OS. The van der Waals surface area contributed by atoms with E-state index in [4.69, 9.17) is 0 Å². The predicted octanol–water partition coefficient (Wildman–Crippen LogP) is 5.00. The maximum absolute atomic E-state index is 12.7. The summed E-state index contributed by atoms with van der Waals surface area (Å²) in [5.74, 6) is -0.448. The number of alkyl halides is 3. The van der Waals surface area contributed by atoms with Gasteiger partial charge in [-0.1, -0.05) is 42.1 Å². The van der Waals surface area contributed by atoms with Crippen LogP contribution < -0.4 is 5.32 Å². The van der Waals surface area contributed by atoms with Gasteiger partial charge < -0.3 is 5.32 Å². The molecule has 1 amide bonds. The summed E-state index contributed by atoms with van der Waals surface area (Å²) in [6.45, 7) is 1.18. The maximum atomic E-state index is 12.7. The van der Waals surface area contributed by atoms with Gasteiger partial charge in [-0.2, -0.15) is 18.3 Å². The number of rotatable bonds is 5. The third-order valence-electron chi connectivity index (χ3n) is 3.70. The number of hydrogen-bond acceptors (Lipinski definition) is 3. The number of aryl methyl sites for hydroxylation is 1. The van der Waals surface area contributed by atoms with E-state index in [1.165, 1.54) is 18.7 Å². The number of amides is 1. The quantitative estimate of drug-likeness (QED) is 0.666. The molecule has 1 aromatic heterocycles. The second-order valence-corrected chi connectivity index (χ2v) is 6.90. The minimum Gasteiger partial charge on any atom is -0.323 e. The third kappa shape index (κ3) is 4.91. The van der Waals surface area contributed by atoms with Crippen LogP contribution in [0, 0.1) is 6.92 Å². The highest BCUT2D eigenvalue weighted by Crippen LogP contribution is 2.33. The number of hydrogen-bond donors (Lipinski definition) is 1. The first-order chi connectivity index (χ1) is 12.8. The van der Waals surface area contributed by atoms with Gasteiger partial charge in [-0.3, -0.25) is 9.48 Å². The maximum Gasteiger partial charge on any atom is 0.435 e. The van der Waals surface area contributed by atoms with Crippen LogP contribution in [0.1, 0.15) is 11.4 Å². The molecule has 0 radical (unpaired) electrons. The number of anilines is 1. The van der Waals surface area contributed by atoms with Crippen molar-refractivity contribution in [2.45, 2.75) is 29.4 Å².